The van der Waals surface area contributed by atoms with E-state index in [-0.39, 0.29) is 6.04 Å². The van der Waals surface area contributed by atoms with E-state index in [2.05, 4.69) is 28.7 Å². The van der Waals surface area contributed by atoms with Crippen LogP contribution in [-0.4, -0.2) is 41.9 Å². The first-order chi connectivity index (χ1) is 8.72. The molecule has 0 unspecified atom stereocenters. The van der Waals surface area contributed by atoms with Crippen molar-refractivity contribution in [3.63, 3.8) is 0 Å². The van der Waals surface area contributed by atoms with Gasteiger partial charge >= 0.3 is 0 Å². The zero-order chi connectivity index (χ0) is 13.0. The minimum atomic E-state index is 0.0867. The summed E-state index contributed by atoms with van der Waals surface area (Å²) < 4.78 is 0. The van der Waals surface area contributed by atoms with Crippen LogP contribution in [0.25, 0.3) is 0 Å². The summed E-state index contributed by atoms with van der Waals surface area (Å²) in [5.74, 6) is 0.296. The van der Waals surface area contributed by atoms with Crippen LogP contribution in [0.1, 0.15) is 31.7 Å². The molecule has 1 amide bonds. The Morgan fingerprint density at radius 2 is 2.28 bits per heavy atom. The Hall–Kier alpha value is -0.870. The zero-order valence-corrected chi connectivity index (χ0v) is 12.1. The molecule has 1 aliphatic heterocycles. The van der Waals surface area contributed by atoms with E-state index in [1.807, 2.05) is 11.9 Å². The molecule has 0 aromatic carbocycles. The van der Waals surface area contributed by atoms with Crippen molar-refractivity contribution < 1.29 is 4.79 Å². The fourth-order valence-corrected chi connectivity index (χ4v) is 3.12. The molecule has 1 saturated heterocycles. The summed E-state index contributed by atoms with van der Waals surface area (Å²) in [6, 6.07) is 2.24. The second-order valence-electron chi connectivity index (χ2n) is 5.02. The summed E-state index contributed by atoms with van der Waals surface area (Å²) in [6.07, 6.45) is 3.27. The summed E-state index contributed by atoms with van der Waals surface area (Å²) in [7, 11) is 1.92. The highest BCUT2D eigenvalue weighted by Gasteiger charge is 2.32. The fourth-order valence-electron chi connectivity index (χ4n) is 2.46. The largest absolute Gasteiger partial charge is 0.343 e. The van der Waals surface area contributed by atoms with Crippen molar-refractivity contribution in [2.45, 2.75) is 38.8 Å². The van der Waals surface area contributed by atoms with Crippen molar-refractivity contribution in [1.82, 2.24) is 9.80 Å². The number of amides is 1. The molecule has 4 heteroatoms. The van der Waals surface area contributed by atoms with Crippen molar-refractivity contribution >= 4 is 17.2 Å². The first kappa shape index (κ1) is 13.6. The number of unbranched alkanes of at least 4 members (excludes halogenated alkanes) is 1. The fraction of sp³-hybridized carbons (Fsp3) is 0.643. The minimum absolute atomic E-state index is 0.0867. The average Bonchev–Trinajstić information content (AvgIpc) is 2.86. The van der Waals surface area contributed by atoms with E-state index < -0.39 is 0 Å². The van der Waals surface area contributed by atoms with Gasteiger partial charge in [-0.05, 0) is 28.8 Å². The van der Waals surface area contributed by atoms with Gasteiger partial charge in [0.05, 0.1) is 6.04 Å². The van der Waals surface area contributed by atoms with Gasteiger partial charge in [0.1, 0.15) is 0 Å². The van der Waals surface area contributed by atoms with Crippen molar-refractivity contribution in [2.75, 3.05) is 20.1 Å². The number of piperazine rings is 1. The van der Waals surface area contributed by atoms with E-state index in [0.717, 1.165) is 38.9 Å². The third kappa shape index (κ3) is 3.12. The van der Waals surface area contributed by atoms with Gasteiger partial charge < -0.3 is 4.90 Å². The highest BCUT2D eigenvalue weighted by Crippen LogP contribution is 2.19. The van der Waals surface area contributed by atoms with Crippen LogP contribution < -0.4 is 0 Å². The van der Waals surface area contributed by atoms with Crippen LogP contribution >= 0.6 is 11.3 Å². The van der Waals surface area contributed by atoms with Gasteiger partial charge in [-0.1, -0.05) is 19.8 Å². The number of thiophene rings is 1. The Labute approximate surface area is 113 Å². The number of hydrogen-bond acceptors (Lipinski definition) is 3. The molecule has 0 radical (unpaired) electrons. The molecule has 0 saturated carbocycles. The SMILES string of the molecule is CCCC[C@H]1C(=O)N(C)CCN1Cc1ccsc1. The molecule has 3 nitrogen and oxygen atoms in total. The van der Waals surface area contributed by atoms with E-state index in [4.69, 9.17) is 0 Å². The second kappa shape index (κ2) is 6.34. The Bertz CT molecular complexity index is 377. The number of likely N-dealkylation sites (N-methyl/N-ethyl adjacent to an activating group) is 1. The summed E-state index contributed by atoms with van der Waals surface area (Å²) in [5.41, 5.74) is 1.33. The third-order valence-corrected chi connectivity index (χ3v) is 4.35. The van der Waals surface area contributed by atoms with Crippen LogP contribution in [-0.2, 0) is 11.3 Å². The van der Waals surface area contributed by atoms with Gasteiger partial charge in [0, 0.05) is 26.7 Å². The molecule has 1 fully saturated rings. The number of rotatable bonds is 5. The summed E-state index contributed by atoms with van der Waals surface area (Å²) >= 11 is 1.73. The number of hydrogen-bond donors (Lipinski definition) is 0. The predicted octanol–water partition coefficient (Wildman–Crippen LogP) is 2.58. The van der Waals surface area contributed by atoms with Gasteiger partial charge in [0.15, 0.2) is 0 Å². The van der Waals surface area contributed by atoms with E-state index in [0.29, 0.717) is 5.91 Å². The maximum Gasteiger partial charge on any atom is 0.239 e. The van der Waals surface area contributed by atoms with Crippen molar-refractivity contribution in [2.24, 2.45) is 0 Å². The normalized spacial score (nSPS) is 21.6. The topological polar surface area (TPSA) is 23.6 Å². The van der Waals surface area contributed by atoms with Gasteiger partial charge in [-0.3, -0.25) is 9.69 Å². The quantitative estimate of drug-likeness (QED) is 0.818. The predicted molar refractivity (Wildman–Crippen MR) is 75.7 cm³/mol. The van der Waals surface area contributed by atoms with Crippen molar-refractivity contribution in [3.8, 4) is 0 Å². The molecule has 2 heterocycles. The molecule has 0 aliphatic carbocycles. The lowest BCUT2D eigenvalue weighted by molar-refractivity contribution is -0.140. The molecule has 0 N–H and O–H groups in total. The maximum absolute atomic E-state index is 12.3. The highest BCUT2D eigenvalue weighted by molar-refractivity contribution is 7.07. The lowest BCUT2D eigenvalue weighted by Crippen LogP contribution is -2.55. The summed E-state index contributed by atoms with van der Waals surface area (Å²) in [6.45, 7) is 4.94. The molecule has 1 aromatic rings. The van der Waals surface area contributed by atoms with Gasteiger partial charge in [-0.2, -0.15) is 11.3 Å². The molecule has 0 spiro atoms. The van der Waals surface area contributed by atoms with Gasteiger partial charge in [0.25, 0.3) is 0 Å². The molecule has 2 rings (SSSR count). The smallest absolute Gasteiger partial charge is 0.239 e. The van der Waals surface area contributed by atoms with Crippen LogP contribution in [0.5, 0.6) is 0 Å². The van der Waals surface area contributed by atoms with Crippen LogP contribution in [0.2, 0.25) is 0 Å². The number of nitrogens with zero attached hydrogens (tertiary/aromatic N) is 2. The van der Waals surface area contributed by atoms with E-state index in [1.54, 1.807) is 11.3 Å². The second-order valence-corrected chi connectivity index (χ2v) is 5.80. The first-order valence-electron chi connectivity index (χ1n) is 6.72. The first-order valence-corrected chi connectivity index (χ1v) is 7.66. The van der Waals surface area contributed by atoms with E-state index in [9.17, 15) is 4.79 Å². The zero-order valence-electron chi connectivity index (χ0n) is 11.3. The van der Waals surface area contributed by atoms with Crippen LogP contribution in [0, 0.1) is 0 Å². The van der Waals surface area contributed by atoms with Crippen LogP contribution in [0.4, 0.5) is 0 Å². The molecular weight excluding hydrogens is 244 g/mol. The molecule has 1 atom stereocenters. The van der Waals surface area contributed by atoms with Gasteiger partial charge in [-0.15, -0.1) is 0 Å². The Balaban J connectivity index is 2.03. The third-order valence-electron chi connectivity index (χ3n) is 3.62. The van der Waals surface area contributed by atoms with Crippen molar-refractivity contribution in [3.05, 3.63) is 22.4 Å². The molecule has 18 heavy (non-hydrogen) atoms. The van der Waals surface area contributed by atoms with Crippen molar-refractivity contribution in [1.29, 1.82) is 0 Å². The minimum Gasteiger partial charge on any atom is -0.343 e. The molecular formula is C14H22N2OS. The maximum atomic E-state index is 12.3. The molecule has 0 bridgehead atoms. The Morgan fingerprint density at radius 1 is 1.44 bits per heavy atom. The van der Waals surface area contributed by atoms with Gasteiger partial charge in [-0.25, -0.2) is 0 Å². The summed E-state index contributed by atoms with van der Waals surface area (Å²) in [5, 5.41) is 4.29. The Kier molecular flexibility index (Phi) is 4.78. The van der Waals surface area contributed by atoms with E-state index >= 15 is 0 Å². The summed E-state index contributed by atoms with van der Waals surface area (Å²) in [4.78, 5) is 16.5. The van der Waals surface area contributed by atoms with Gasteiger partial charge in [0.2, 0.25) is 5.91 Å². The molecule has 1 aliphatic rings. The Morgan fingerprint density at radius 3 is 2.94 bits per heavy atom. The highest BCUT2D eigenvalue weighted by atomic mass is 32.1. The van der Waals surface area contributed by atoms with E-state index in [1.165, 1.54) is 5.56 Å². The lowest BCUT2D eigenvalue weighted by Gasteiger charge is -2.39. The van der Waals surface area contributed by atoms with Crippen LogP contribution in [0.15, 0.2) is 16.8 Å². The average molecular weight is 266 g/mol. The lowest BCUT2D eigenvalue weighted by atomic mass is 10.0. The standard InChI is InChI=1S/C14H22N2OS/c1-3-4-5-13-14(17)15(2)7-8-16(13)10-12-6-9-18-11-12/h6,9,11,13H,3-5,7-8,10H2,1-2H3/t13-/m0/s1. The molecule has 100 valence electrons. The monoisotopic (exact) mass is 266 g/mol. The number of carbonyl (C=O) groups excluding carboxylic acids is 1. The molecule has 1 aromatic heterocycles. The van der Waals surface area contributed by atoms with Crippen LogP contribution in [0.3, 0.4) is 0 Å². The number of carbonyl (C=O) groups is 1.